The molecule has 0 aliphatic carbocycles. The zero-order valence-electron chi connectivity index (χ0n) is 12.0. The van der Waals surface area contributed by atoms with Gasteiger partial charge in [-0.2, -0.15) is 0 Å². The molecule has 0 aromatic carbocycles. The minimum atomic E-state index is 0.553. The SMILES string of the molecule is CCCN(CCC1CCCO1)CC1CCNCC1. The van der Waals surface area contributed by atoms with Crippen molar-refractivity contribution in [3.8, 4) is 0 Å². The van der Waals surface area contributed by atoms with E-state index in [9.17, 15) is 0 Å². The highest BCUT2D eigenvalue weighted by atomic mass is 16.5. The molecule has 0 saturated carbocycles. The summed E-state index contributed by atoms with van der Waals surface area (Å²) in [6.45, 7) is 9.53. The van der Waals surface area contributed by atoms with E-state index in [4.69, 9.17) is 4.74 Å². The molecule has 3 heteroatoms. The van der Waals surface area contributed by atoms with E-state index < -0.39 is 0 Å². The molecule has 1 atom stereocenters. The van der Waals surface area contributed by atoms with Gasteiger partial charge in [-0.1, -0.05) is 6.92 Å². The van der Waals surface area contributed by atoms with Gasteiger partial charge in [0.15, 0.2) is 0 Å². The maximum Gasteiger partial charge on any atom is 0.0588 e. The molecule has 0 bridgehead atoms. The summed E-state index contributed by atoms with van der Waals surface area (Å²) in [6, 6.07) is 0. The van der Waals surface area contributed by atoms with Crippen LogP contribution in [0.2, 0.25) is 0 Å². The third-order valence-corrected chi connectivity index (χ3v) is 4.31. The first-order valence-electron chi connectivity index (χ1n) is 7.93. The van der Waals surface area contributed by atoms with Gasteiger partial charge in [0.1, 0.15) is 0 Å². The Morgan fingerprint density at radius 1 is 1.17 bits per heavy atom. The number of ether oxygens (including phenoxy) is 1. The van der Waals surface area contributed by atoms with Crippen LogP contribution in [-0.2, 0) is 4.74 Å². The first-order valence-corrected chi connectivity index (χ1v) is 7.93. The molecule has 18 heavy (non-hydrogen) atoms. The summed E-state index contributed by atoms with van der Waals surface area (Å²) < 4.78 is 5.73. The summed E-state index contributed by atoms with van der Waals surface area (Å²) in [4.78, 5) is 2.68. The van der Waals surface area contributed by atoms with Gasteiger partial charge in [-0.15, -0.1) is 0 Å². The largest absolute Gasteiger partial charge is 0.378 e. The number of piperidine rings is 1. The Morgan fingerprint density at radius 3 is 2.67 bits per heavy atom. The monoisotopic (exact) mass is 254 g/mol. The number of nitrogens with one attached hydrogen (secondary N) is 1. The van der Waals surface area contributed by atoms with E-state index in [1.807, 2.05) is 0 Å². The molecule has 1 N–H and O–H groups in total. The van der Waals surface area contributed by atoms with Gasteiger partial charge < -0.3 is 15.0 Å². The summed E-state index contributed by atoms with van der Waals surface area (Å²) in [6.07, 6.45) is 8.35. The van der Waals surface area contributed by atoms with Gasteiger partial charge in [-0.3, -0.25) is 0 Å². The van der Waals surface area contributed by atoms with Crippen LogP contribution in [0.25, 0.3) is 0 Å². The van der Waals surface area contributed by atoms with Gasteiger partial charge >= 0.3 is 0 Å². The van der Waals surface area contributed by atoms with E-state index >= 15 is 0 Å². The van der Waals surface area contributed by atoms with Gasteiger partial charge in [0.2, 0.25) is 0 Å². The molecule has 0 aromatic rings. The molecule has 2 heterocycles. The Balaban J connectivity index is 1.68. The van der Waals surface area contributed by atoms with Crippen LogP contribution in [-0.4, -0.2) is 50.3 Å². The molecule has 0 radical (unpaired) electrons. The van der Waals surface area contributed by atoms with Crippen LogP contribution in [0.5, 0.6) is 0 Å². The first-order chi connectivity index (χ1) is 8.88. The van der Waals surface area contributed by atoms with E-state index in [1.54, 1.807) is 0 Å². The molecule has 2 saturated heterocycles. The predicted molar refractivity (Wildman–Crippen MR) is 75.9 cm³/mol. The topological polar surface area (TPSA) is 24.5 Å². The predicted octanol–water partition coefficient (Wildman–Crippen LogP) is 2.27. The Bertz CT molecular complexity index is 211. The van der Waals surface area contributed by atoms with Crippen molar-refractivity contribution in [1.82, 2.24) is 10.2 Å². The highest BCUT2D eigenvalue weighted by Gasteiger charge is 2.19. The molecule has 0 amide bonds. The lowest BCUT2D eigenvalue weighted by molar-refractivity contribution is 0.0880. The van der Waals surface area contributed by atoms with Crippen molar-refractivity contribution in [3.05, 3.63) is 0 Å². The first kappa shape index (κ1) is 14.3. The molecule has 1 unspecified atom stereocenters. The van der Waals surface area contributed by atoms with Crippen LogP contribution in [0, 0.1) is 5.92 Å². The van der Waals surface area contributed by atoms with Crippen molar-refractivity contribution in [2.24, 2.45) is 5.92 Å². The van der Waals surface area contributed by atoms with Crippen molar-refractivity contribution in [1.29, 1.82) is 0 Å². The van der Waals surface area contributed by atoms with E-state index in [-0.39, 0.29) is 0 Å². The Hall–Kier alpha value is -0.120. The van der Waals surface area contributed by atoms with Crippen LogP contribution in [0.1, 0.15) is 45.4 Å². The van der Waals surface area contributed by atoms with E-state index in [0.717, 1.165) is 12.5 Å². The zero-order chi connectivity index (χ0) is 12.6. The summed E-state index contributed by atoms with van der Waals surface area (Å²) >= 11 is 0. The summed E-state index contributed by atoms with van der Waals surface area (Å²) in [5.41, 5.74) is 0. The molecule has 2 aliphatic heterocycles. The average Bonchev–Trinajstić information content (AvgIpc) is 2.91. The van der Waals surface area contributed by atoms with Crippen molar-refractivity contribution >= 4 is 0 Å². The van der Waals surface area contributed by atoms with Gasteiger partial charge in [-0.05, 0) is 64.1 Å². The highest BCUT2D eigenvalue weighted by Crippen LogP contribution is 2.18. The Kier molecular flexibility index (Phi) is 6.46. The molecule has 2 rings (SSSR count). The number of hydrogen-bond donors (Lipinski definition) is 1. The fraction of sp³-hybridized carbons (Fsp3) is 1.00. The van der Waals surface area contributed by atoms with Crippen LogP contribution in [0.15, 0.2) is 0 Å². The fourth-order valence-corrected chi connectivity index (χ4v) is 3.24. The smallest absolute Gasteiger partial charge is 0.0588 e. The number of nitrogens with zero attached hydrogens (tertiary/aromatic N) is 1. The quantitative estimate of drug-likeness (QED) is 0.754. The van der Waals surface area contributed by atoms with Crippen molar-refractivity contribution in [2.45, 2.75) is 51.6 Å². The second kappa shape index (κ2) is 8.13. The summed E-state index contributed by atoms with van der Waals surface area (Å²) in [5, 5.41) is 3.46. The molecule has 0 spiro atoms. The normalized spacial score (nSPS) is 26.0. The van der Waals surface area contributed by atoms with Crippen LogP contribution in [0.4, 0.5) is 0 Å². The van der Waals surface area contributed by atoms with Gasteiger partial charge in [0.25, 0.3) is 0 Å². The second-order valence-electron chi connectivity index (χ2n) is 5.92. The summed E-state index contributed by atoms with van der Waals surface area (Å²) in [5.74, 6) is 0.919. The Morgan fingerprint density at radius 2 is 2.00 bits per heavy atom. The van der Waals surface area contributed by atoms with Crippen LogP contribution in [0.3, 0.4) is 0 Å². The lowest BCUT2D eigenvalue weighted by Crippen LogP contribution is -2.37. The molecule has 2 aliphatic rings. The average molecular weight is 254 g/mol. The molecule has 106 valence electrons. The molecular formula is C15H30N2O. The second-order valence-corrected chi connectivity index (χ2v) is 5.92. The van der Waals surface area contributed by atoms with Gasteiger partial charge in [0, 0.05) is 19.7 Å². The van der Waals surface area contributed by atoms with E-state index in [0.29, 0.717) is 6.10 Å². The standard InChI is InChI=1S/C15H30N2O/c1-2-10-17(11-7-15-4-3-12-18-15)13-14-5-8-16-9-6-14/h14-16H,2-13H2,1H3. The maximum absolute atomic E-state index is 5.73. The highest BCUT2D eigenvalue weighted by molar-refractivity contribution is 4.74. The lowest BCUT2D eigenvalue weighted by atomic mass is 9.97. The number of hydrogen-bond acceptors (Lipinski definition) is 3. The third-order valence-electron chi connectivity index (χ3n) is 4.31. The minimum absolute atomic E-state index is 0.553. The van der Waals surface area contributed by atoms with Crippen molar-refractivity contribution in [3.63, 3.8) is 0 Å². The maximum atomic E-state index is 5.73. The molecule has 0 aromatic heterocycles. The molecular weight excluding hydrogens is 224 g/mol. The zero-order valence-corrected chi connectivity index (χ0v) is 12.0. The third kappa shape index (κ3) is 4.87. The van der Waals surface area contributed by atoms with Gasteiger partial charge in [0.05, 0.1) is 6.10 Å². The van der Waals surface area contributed by atoms with Crippen molar-refractivity contribution < 1.29 is 4.74 Å². The van der Waals surface area contributed by atoms with Crippen LogP contribution >= 0.6 is 0 Å². The van der Waals surface area contributed by atoms with Crippen molar-refractivity contribution in [2.75, 3.05) is 39.3 Å². The summed E-state index contributed by atoms with van der Waals surface area (Å²) in [7, 11) is 0. The Labute approximate surface area is 112 Å². The minimum Gasteiger partial charge on any atom is -0.378 e. The van der Waals surface area contributed by atoms with E-state index in [2.05, 4.69) is 17.1 Å². The van der Waals surface area contributed by atoms with Crippen LogP contribution < -0.4 is 5.32 Å². The number of rotatable bonds is 7. The molecule has 2 fully saturated rings. The fourth-order valence-electron chi connectivity index (χ4n) is 3.24. The lowest BCUT2D eigenvalue weighted by Gasteiger charge is -2.30. The van der Waals surface area contributed by atoms with E-state index in [1.165, 1.54) is 71.2 Å². The van der Waals surface area contributed by atoms with Gasteiger partial charge in [-0.25, -0.2) is 0 Å². The molecule has 3 nitrogen and oxygen atoms in total.